The van der Waals surface area contributed by atoms with Crippen LogP contribution in [-0.2, 0) is 33.3 Å². The van der Waals surface area contributed by atoms with Gasteiger partial charge in [-0.2, -0.15) is 0 Å². The molecule has 1 rings (SSSR count). The molecule has 1 heterocycles. The van der Waals surface area contributed by atoms with E-state index in [-0.39, 0.29) is 6.61 Å². The summed E-state index contributed by atoms with van der Waals surface area (Å²) >= 11 is 1.97. The summed E-state index contributed by atoms with van der Waals surface area (Å²) in [4.78, 5) is 33.4. The quantitative estimate of drug-likeness (QED) is 0.293. The molecule has 120 valence electrons. The number of carbonyl (C=O) groups is 3. The molecule has 0 aromatic rings. The molecular weight excluding hydrogens is 397 g/mol. The summed E-state index contributed by atoms with van der Waals surface area (Å²) in [5.74, 6) is -1.60. The Morgan fingerprint density at radius 1 is 1.05 bits per heavy atom. The van der Waals surface area contributed by atoms with E-state index < -0.39 is 46.4 Å². The molecule has 1 aliphatic rings. The van der Waals surface area contributed by atoms with Crippen LogP contribution in [0.15, 0.2) is 0 Å². The van der Waals surface area contributed by atoms with Crippen molar-refractivity contribution < 1.29 is 33.3 Å². The zero-order valence-corrected chi connectivity index (χ0v) is 14.1. The molecule has 0 bridgehead atoms. The number of halogens is 1. The Morgan fingerprint density at radius 3 is 2.05 bits per heavy atom. The topological polar surface area (TPSA) is 114 Å². The van der Waals surface area contributed by atoms with E-state index >= 15 is 0 Å². The number of rotatable bonds is 4. The Bertz CT molecular complexity index is 416. The fraction of sp³-hybridized carbons (Fsp3) is 0.750. The van der Waals surface area contributed by atoms with E-state index in [1.807, 2.05) is 22.6 Å². The van der Waals surface area contributed by atoms with Gasteiger partial charge in [-0.25, -0.2) is 0 Å². The van der Waals surface area contributed by atoms with Gasteiger partial charge in [0.1, 0.15) is 18.9 Å². The van der Waals surface area contributed by atoms with Crippen molar-refractivity contribution in [3.63, 3.8) is 0 Å². The second kappa shape index (κ2) is 7.90. The Kier molecular flexibility index (Phi) is 6.81. The van der Waals surface area contributed by atoms with E-state index in [1.165, 1.54) is 20.8 Å². The molecule has 5 atom stereocenters. The zero-order valence-electron chi connectivity index (χ0n) is 11.9. The number of ether oxygens (including phenoxy) is 4. The highest BCUT2D eigenvalue weighted by atomic mass is 127. The standard InChI is InChI=1S/C12H18INO7/c1-5(15)18-4-8-10(19-6(2)16)11(20-7(3)17)9(13)12(14)21-8/h8-12H,4,14H2,1-3H3/t8-,9+,10-,11-,12-/m1/s1. The SMILES string of the molecule is CC(=O)OC[C@H]1O[C@@H](N)[C@@H](I)[C@@H](OC(C)=O)[C@@H]1OC(C)=O. The van der Waals surface area contributed by atoms with Crippen molar-refractivity contribution in [2.45, 2.75) is 49.2 Å². The number of carbonyl (C=O) groups excluding carboxylic acids is 3. The van der Waals surface area contributed by atoms with Gasteiger partial charge < -0.3 is 24.7 Å². The highest BCUT2D eigenvalue weighted by molar-refractivity contribution is 14.1. The van der Waals surface area contributed by atoms with Crippen molar-refractivity contribution in [3.05, 3.63) is 0 Å². The summed E-state index contributed by atoms with van der Waals surface area (Å²) < 4.78 is 20.3. The Labute approximate surface area is 135 Å². The summed E-state index contributed by atoms with van der Waals surface area (Å²) in [6.45, 7) is 3.57. The summed E-state index contributed by atoms with van der Waals surface area (Å²) in [7, 11) is 0. The van der Waals surface area contributed by atoms with Gasteiger partial charge in [-0.1, -0.05) is 22.6 Å². The number of alkyl halides is 1. The van der Waals surface area contributed by atoms with Crippen LogP contribution in [0.3, 0.4) is 0 Å². The molecule has 21 heavy (non-hydrogen) atoms. The van der Waals surface area contributed by atoms with E-state index in [4.69, 9.17) is 24.7 Å². The van der Waals surface area contributed by atoms with Crippen LogP contribution in [0.4, 0.5) is 0 Å². The van der Waals surface area contributed by atoms with Crippen LogP contribution in [-0.4, -0.2) is 53.0 Å². The number of hydrogen-bond donors (Lipinski definition) is 1. The smallest absolute Gasteiger partial charge is 0.303 e. The molecule has 0 spiro atoms. The second-order valence-electron chi connectivity index (χ2n) is 4.53. The molecule has 0 amide bonds. The lowest BCUT2D eigenvalue weighted by Gasteiger charge is -2.42. The molecule has 0 aromatic heterocycles. The first-order valence-electron chi connectivity index (χ1n) is 6.25. The normalized spacial score (nSPS) is 32.1. The highest BCUT2D eigenvalue weighted by Crippen LogP contribution is 2.29. The van der Waals surface area contributed by atoms with Crippen molar-refractivity contribution in [3.8, 4) is 0 Å². The molecule has 1 fully saturated rings. The van der Waals surface area contributed by atoms with Crippen LogP contribution < -0.4 is 5.73 Å². The van der Waals surface area contributed by atoms with E-state index in [1.54, 1.807) is 0 Å². The van der Waals surface area contributed by atoms with Crippen molar-refractivity contribution in [1.82, 2.24) is 0 Å². The van der Waals surface area contributed by atoms with Gasteiger partial charge in [-0.05, 0) is 0 Å². The predicted molar refractivity (Wildman–Crippen MR) is 78.4 cm³/mol. The van der Waals surface area contributed by atoms with E-state index in [0.29, 0.717) is 0 Å². The van der Waals surface area contributed by atoms with E-state index in [9.17, 15) is 14.4 Å². The summed E-state index contributed by atoms with van der Waals surface area (Å²) in [6.07, 6.45) is -3.23. The van der Waals surface area contributed by atoms with Crippen LogP contribution in [0, 0.1) is 0 Å². The van der Waals surface area contributed by atoms with Crippen LogP contribution in [0.5, 0.6) is 0 Å². The molecule has 1 aliphatic heterocycles. The predicted octanol–water partition coefficient (Wildman–Crippen LogP) is -0.0999. The first kappa shape index (κ1) is 18.1. The van der Waals surface area contributed by atoms with Crippen molar-refractivity contribution >= 4 is 40.5 Å². The van der Waals surface area contributed by atoms with Gasteiger partial charge in [0.05, 0.1) is 3.92 Å². The van der Waals surface area contributed by atoms with Gasteiger partial charge in [0.2, 0.25) is 0 Å². The zero-order chi connectivity index (χ0) is 16.2. The average molecular weight is 415 g/mol. The lowest BCUT2D eigenvalue weighted by atomic mass is 10.0. The fourth-order valence-corrected chi connectivity index (χ4v) is 2.65. The number of hydrogen-bond acceptors (Lipinski definition) is 8. The van der Waals surface area contributed by atoms with Crippen LogP contribution in [0.2, 0.25) is 0 Å². The maximum absolute atomic E-state index is 11.3. The average Bonchev–Trinajstić information content (AvgIpc) is 2.35. The fourth-order valence-electron chi connectivity index (χ4n) is 1.93. The lowest BCUT2D eigenvalue weighted by Crippen LogP contribution is -2.61. The van der Waals surface area contributed by atoms with Gasteiger partial charge in [0.15, 0.2) is 12.2 Å². The van der Waals surface area contributed by atoms with Crippen LogP contribution in [0.1, 0.15) is 20.8 Å². The minimum absolute atomic E-state index is 0.151. The molecule has 0 aromatic carbocycles. The van der Waals surface area contributed by atoms with Gasteiger partial charge in [-0.3, -0.25) is 14.4 Å². The third kappa shape index (κ3) is 5.40. The van der Waals surface area contributed by atoms with Crippen molar-refractivity contribution in [1.29, 1.82) is 0 Å². The first-order chi connectivity index (χ1) is 9.72. The highest BCUT2D eigenvalue weighted by Gasteiger charge is 2.48. The number of nitrogens with two attached hydrogens (primary N) is 1. The number of esters is 3. The third-order valence-corrected chi connectivity index (χ3v) is 4.12. The lowest BCUT2D eigenvalue weighted by molar-refractivity contribution is -0.210. The molecule has 2 N–H and O–H groups in total. The minimum Gasteiger partial charge on any atom is -0.463 e. The maximum Gasteiger partial charge on any atom is 0.303 e. The second-order valence-corrected chi connectivity index (χ2v) is 5.97. The Hall–Kier alpha value is -0.940. The van der Waals surface area contributed by atoms with Crippen molar-refractivity contribution in [2.24, 2.45) is 5.73 Å². The molecule has 0 unspecified atom stereocenters. The molecular formula is C12H18INO7. The monoisotopic (exact) mass is 415 g/mol. The summed E-state index contributed by atoms with van der Waals surface area (Å²) in [6, 6.07) is 0. The van der Waals surface area contributed by atoms with E-state index in [2.05, 4.69) is 0 Å². The van der Waals surface area contributed by atoms with Gasteiger partial charge in [-0.15, -0.1) is 0 Å². The Balaban J connectivity index is 2.94. The third-order valence-electron chi connectivity index (χ3n) is 2.70. The minimum atomic E-state index is -0.896. The molecule has 0 aliphatic carbocycles. The molecule has 0 radical (unpaired) electrons. The van der Waals surface area contributed by atoms with Gasteiger partial charge >= 0.3 is 17.9 Å². The van der Waals surface area contributed by atoms with E-state index in [0.717, 1.165) is 0 Å². The van der Waals surface area contributed by atoms with Gasteiger partial charge in [0.25, 0.3) is 0 Å². The first-order valence-corrected chi connectivity index (χ1v) is 7.49. The largest absolute Gasteiger partial charge is 0.463 e. The Morgan fingerprint density at radius 2 is 1.57 bits per heavy atom. The van der Waals surface area contributed by atoms with Crippen molar-refractivity contribution in [2.75, 3.05) is 6.61 Å². The molecule has 9 heteroatoms. The maximum atomic E-state index is 11.3. The van der Waals surface area contributed by atoms with Gasteiger partial charge in [0, 0.05) is 20.8 Å². The van der Waals surface area contributed by atoms with Crippen LogP contribution in [0.25, 0.3) is 0 Å². The molecule has 0 saturated carbocycles. The summed E-state index contributed by atoms with van der Waals surface area (Å²) in [5, 5.41) is 0. The summed E-state index contributed by atoms with van der Waals surface area (Å²) in [5.41, 5.74) is 5.83. The molecule has 1 saturated heterocycles. The van der Waals surface area contributed by atoms with Crippen LogP contribution >= 0.6 is 22.6 Å². The molecule has 8 nitrogen and oxygen atoms in total.